The number of hydrogen-bond donors (Lipinski definition) is 1. The summed E-state index contributed by atoms with van der Waals surface area (Å²) in [4.78, 5) is 17.0. The summed E-state index contributed by atoms with van der Waals surface area (Å²) in [5.74, 6) is 0.891. The minimum atomic E-state index is -0.109. The molecule has 0 spiro atoms. The van der Waals surface area contributed by atoms with Crippen LogP contribution in [0.4, 0.5) is 0 Å². The first-order chi connectivity index (χ1) is 11.7. The van der Waals surface area contributed by atoms with E-state index in [1.807, 2.05) is 37.3 Å². The number of para-hydroxylation sites is 1. The highest BCUT2D eigenvalue weighted by Crippen LogP contribution is 2.23. The Hall–Kier alpha value is -1.85. The molecule has 1 aromatic heterocycles. The van der Waals surface area contributed by atoms with Gasteiger partial charge in [-0.25, -0.2) is 0 Å². The first-order valence-electron chi connectivity index (χ1n) is 8.88. The van der Waals surface area contributed by atoms with Crippen LogP contribution in [0.25, 0.3) is 11.0 Å². The Morgan fingerprint density at radius 2 is 1.92 bits per heavy atom. The van der Waals surface area contributed by atoms with Gasteiger partial charge in [0.15, 0.2) is 0 Å². The molecule has 0 aliphatic carbocycles. The summed E-state index contributed by atoms with van der Waals surface area (Å²) in [5, 5.41) is 4.12. The Morgan fingerprint density at radius 3 is 2.62 bits per heavy atom. The van der Waals surface area contributed by atoms with Crippen molar-refractivity contribution < 1.29 is 9.21 Å². The van der Waals surface area contributed by atoms with Crippen molar-refractivity contribution in [2.24, 2.45) is 0 Å². The highest BCUT2D eigenvalue weighted by molar-refractivity contribution is 5.79. The Morgan fingerprint density at radius 1 is 1.21 bits per heavy atom. The van der Waals surface area contributed by atoms with Gasteiger partial charge < -0.3 is 19.5 Å². The second kappa shape index (κ2) is 7.81. The molecule has 1 aromatic carbocycles. The first-order valence-corrected chi connectivity index (χ1v) is 8.88. The number of amides is 1. The molecular formula is C19H27N3O2. The minimum absolute atomic E-state index is 0.0841. The monoisotopic (exact) mass is 329 g/mol. The van der Waals surface area contributed by atoms with E-state index in [0.29, 0.717) is 6.42 Å². The van der Waals surface area contributed by atoms with Crippen LogP contribution in [0.2, 0.25) is 0 Å². The smallest absolute Gasteiger partial charge is 0.221 e. The van der Waals surface area contributed by atoms with Gasteiger partial charge in [-0.05, 0) is 25.6 Å². The van der Waals surface area contributed by atoms with Crippen LogP contribution in [0.1, 0.15) is 32.1 Å². The maximum atomic E-state index is 12.2. The normalized spacial score (nSPS) is 17.9. The maximum absolute atomic E-state index is 12.2. The fourth-order valence-corrected chi connectivity index (χ4v) is 3.19. The van der Waals surface area contributed by atoms with Crippen molar-refractivity contribution in [1.82, 2.24) is 15.1 Å². The number of rotatable bonds is 6. The average Bonchev–Trinajstić information content (AvgIpc) is 3.05. The highest BCUT2D eigenvalue weighted by Gasteiger charge is 2.18. The van der Waals surface area contributed by atoms with Gasteiger partial charge in [-0.2, -0.15) is 0 Å². The molecule has 0 radical (unpaired) electrons. The summed E-state index contributed by atoms with van der Waals surface area (Å²) in [7, 11) is 0. The molecule has 1 atom stereocenters. The molecule has 130 valence electrons. The first kappa shape index (κ1) is 17.0. The van der Waals surface area contributed by atoms with Crippen molar-refractivity contribution in [3.05, 3.63) is 36.1 Å². The van der Waals surface area contributed by atoms with Gasteiger partial charge in [-0.1, -0.05) is 25.1 Å². The molecule has 2 aromatic rings. The van der Waals surface area contributed by atoms with Crippen LogP contribution in [0.3, 0.4) is 0 Å². The SMILES string of the molecule is CCN1CCN(CCC(=O)N[C@H](C)c2cc3ccccc3o2)CC1. The Labute approximate surface area is 143 Å². The van der Waals surface area contributed by atoms with E-state index in [2.05, 4.69) is 22.0 Å². The van der Waals surface area contributed by atoms with Gasteiger partial charge in [0.05, 0.1) is 6.04 Å². The van der Waals surface area contributed by atoms with E-state index in [0.717, 1.165) is 56.0 Å². The zero-order valence-corrected chi connectivity index (χ0v) is 14.6. The second-order valence-corrected chi connectivity index (χ2v) is 6.50. The fraction of sp³-hybridized carbons (Fsp3) is 0.526. The lowest BCUT2D eigenvalue weighted by Crippen LogP contribution is -2.47. The van der Waals surface area contributed by atoms with Crippen LogP contribution in [0.15, 0.2) is 34.7 Å². The lowest BCUT2D eigenvalue weighted by atomic mass is 10.2. The molecule has 1 fully saturated rings. The number of hydrogen-bond acceptors (Lipinski definition) is 4. The summed E-state index contributed by atoms with van der Waals surface area (Å²) in [6.45, 7) is 10.4. The van der Waals surface area contributed by atoms with E-state index in [1.54, 1.807) is 0 Å². The topological polar surface area (TPSA) is 48.7 Å². The van der Waals surface area contributed by atoms with Gasteiger partial charge in [-0.3, -0.25) is 4.79 Å². The van der Waals surface area contributed by atoms with Crippen molar-refractivity contribution in [1.29, 1.82) is 0 Å². The standard InChI is InChI=1S/C19H27N3O2/c1-3-21-10-12-22(13-11-21)9-8-19(23)20-15(2)18-14-16-6-4-5-7-17(16)24-18/h4-7,14-15H,3,8-13H2,1-2H3,(H,20,23)/t15-/m1/s1. The van der Waals surface area contributed by atoms with E-state index in [-0.39, 0.29) is 11.9 Å². The third-order valence-electron chi connectivity index (χ3n) is 4.82. The summed E-state index contributed by atoms with van der Waals surface area (Å²) in [6.07, 6.45) is 0.538. The van der Waals surface area contributed by atoms with Gasteiger partial charge in [0.1, 0.15) is 11.3 Å². The Kier molecular flexibility index (Phi) is 5.53. The second-order valence-electron chi connectivity index (χ2n) is 6.50. The van der Waals surface area contributed by atoms with E-state index >= 15 is 0 Å². The van der Waals surface area contributed by atoms with Crippen molar-refractivity contribution in [3.8, 4) is 0 Å². The number of nitrogens with zero attached hydrogens (tertiary/aromatic N) is 2. The van der Waals surface area contributed by atoms with Crippen LogP contribution >= 0.6 is 0 Å². The fourth-order valence-electron chi connectivity index (χ4n) is 3.19. The molecule has 24 heavy (non-hydrogen) atoms. The molecule has 5 nitrogen and oxygen atoms in total. The van der Waals surface area contributed by atoms with E-state index in [1.165, 1.54) is 0 Å². The lowest BCUT2D eigenvalue weighted by Gasteiger charge is -2.33. The maximum Gasteiger partial charge on any atom is 0.221 e. The Bertz CT molecular complexity index is 641. The van der Waals surface area contributed by atoms with Crippen molar-refractivity contribution in [2.45, 2.75) is 26.3 Å². The van der Waals surface area contributed by atoms with Gasteiger partial charge in [-0.15, -0.1) is 0 Å². The number of carbonyl (C=O) groups excluding carboxylic acids is 1. The van der Waals surface area contributed by atoms with Crippen LogP contribution in [0, 0.1) is 0 Å². The van der Waals surface area contributed by atoms with E-state index in [9.17, 15) is 4.79 Å². The zero-order chi connectivity index (χ0) is 16.9. The number of piperazine rings is 1. The number of furan rings is 1. The third kappa shape index (κ3) is 4.16. The third-order valence-corrected chi connectivity index (χ3v) is 4.82. The molecule has 0 saturated carbocycles. The van der Waals surface area contributed by atoms with E-state index in [4.69, 9.17) is 4.42 Å². The number of nitrogens with one attached hydrogen (secondary N) is 1. The molecule has 1 aliphatic heterocycles. The zero-order valence-electron chi connectivity index (χ0n) is 14.6. The van der Waals surface area contributed by atoms with Crippen LogP contribution in [0.5, 0.6) is 0 Å². The molecule has 1 amide bonds. The average molecular weight is 329 g/mol. The van der Waals surface area contributed by atoms with Gasteiger partial charge in [0, 0.05) is 44.5 Å². The lowest BCUT2D eigenvalue weighted by molar-refractivity contribution is -0.122. The predicted molar refractivity (Wildman–Crippen MR) is 95.9 cm³/mol. The van der Waals surface area contributed by atoms with Crippen molar-refractivity contribution in [3.63, 3.8) is 0 Å². The Balaban J connectivity index is 1.46. The number of benzene rings is 1. The molecule has 0 bridgehead atoms. The van der Waals surface area contributed by atoms with Gasteiger partial charge >= 0.3 is 0 Å². The molecule has 3 rings (SSSR count). The van der Waals surface area contributed by atoms with Gasteiger partial charge in [0.25, 0.3) is 0 Å². The molecule has 1 N–H and O–H groups in total. The quantitative estimate of drug-likeness (QED) is 0.885. The summed E-state index contributed by atoms with van der Waals surface area (Å²) in [6, 6.07) is 9.81. The van der Waals surface area contributed by atoms with Crippen molar-refractivity contribution >= 4 is 16.9 Å². The van der Waals surface area contributed by atoms with Crippen LogP contribution in [-0.4, -0.2) is 55.0 Å². The summed E-state index contributed by atoms with van der Waals surface area (Å²) in [5.41, 5.74) is 0.863. The van der Waals surface area contributed by atoms with Crippen molar-refractivity contribution in [2.75, 3.05) is 39.3 Å². The van der Waals surface area contributed by atoms with E-state index < -0.39 is 0 Å². The highest BCUT2D eigenvalue weighted by atomic mass is 16.3. The summed E-state index contributed by atoms with van der Waals surface area (Å²) >= 11 is 0. The molecule has 1 aliphatic rings. The minimum Gasteiger partial charge on any atom is -0.459 e. The molecule has 1 saturated heterocycles. The largest absolute Gasteiger partial charge is 0.459 e. The number of fused-ring (bicyclic) bond motifs is 1. The predicted octanol–water partition coefficient (Wildman–Crippen LogP) is 2.64. The number of carbonyl (C=O) groups is 1. The molecule has 2 heterocycles. The van der Waals surface area contributed by atoms with Gasteiger partial charge in [0.2, 0.25) is 5.91 Å². The summed E-state index contributed by atoms with van der Waals surface area (Å²) < 4.78 is 5.82. The molecule has 5 heteroatoms. The molecule has 0 unspecified atom stereocenters. The number of likely N-dealkylation sites (N-methyl/N-ethyl adjacent to an activating group) is 1. The molecular weight excluding hydrogens is 302 g/mol. The van der Waals surface area contributed by atoms with Crippen LogP contribution < -0.4 is 5.32 Å². The van der Waals surface area contributed by atoms with Crippen LogP contribution in [-0.2, 0) is 4.79 Å².